The number of carbonyl (C=O) groups excluding carboxylic acids is 3. The van der Waals surface area contributed by atoms with Crippen LogP contribution in [0.4, 0.5) is 10.5 Å². The number of unbranched alkanes of at least 4 members (excludes halogenated alkanes) is 2. The van der Waals surface area contributed by atoms with E-state index in [1.807, 2.05) is 80.6 Å². The lowest BCUT2D eigenvalue weighted by atomic mass is 9.97. The highest BCUT2D eigenvalue weighted by molar-refractivity contribution is 6.00. The molecule has 3 aromatic carbocycles. The molecule has 0 saturated carbocycles. The van der Waals surface area contributed by atoms with Crippen LogP contribution in [0.15, 0.2) is 73.3 Å². The van der Waals surface area contributed by atoms with Gasteiger partial charge in [-0.25, -0.2) is 4.79 Å². The monoisotopic (exact) mass is 571 g/mol. The number of carbonyl (C=O) groups is 3. The van der Waals surface area contributed by atoms with Crippen LogP contribution in [-0.2, 0) is 14.3 Å². The fraction of sp³-hybridized carbons (Fsp3) is 0.400. The van der Waals surface area contributed by atoms with Gasteiger partial charge in [0, 0.05) is 12.2 Å². The SMILES string of the molecule is C=Cc1cccc(C(C(=O)Nc2ccc3ccccc3c2)N(CCCCC)C(=O)C(NC(=O)OC(C)(C)C)C(C)C)c1. The van der Waals surface area contributed by atoms with Crippen molar-refractivity contribution in [3.05, 3.63) is 84.4 Å². The molecule has 2 unspecified atom stereocenters. The largest absolute Gasteiger partial charge is 0.444 e. The molecule has 0 radical (unpaired) electrons. The third-order valence-electron chi connectivity index (χ3n) is 6.93. The number of anilines is 1. The Morgan fingerprint density at radius 1 is 0.952 bits per heavy atom. The summed E-state index contributed by atoms with van der Waals surface area (Å²) in [6.07, 6.45) is 3.59. The van der Waals surface area contributed by atoms with E-state index in [1.54, 1.807) is 31.7 Å². The first kappa shape index (κ1) is 32.4. The number of alkyl carbamates (subject to hydrolysis) is 1. The van der Waals surface area contributed by atoms with E-state index in [4.69, 9.17) is 4.74 Å². The molecule has 0 bridgehead atoms. The molecule has 2 atom stereocenters. The zero-order valence-corrected chi connectivity index (χ0v) is 25.8. The van der Waals surface area contributed by atoms with Gasteiger partial charge >= 0.3 is 6.09 Å². The molecule has 0 spiro atoms. The molecular weight excluding hydrogens is 526 g/mol. The first-order valence-corrected chi connectivity index (χ1v) is 14.8. The Morgan fingerprint density at radius 2 is 1.67 bits per heavy atom. The highest BCUT2D eigenvalue weighted by atomic mass is 16.6. The summed E-state index contributed by atoms with van der Waals surface area (Å²) < 4.78 is 5.47. The van der Waals surface area contributed by atoms with Crippen LogP contribution in [-0.4, -0.2) is 41.0 Å². The van der Waals surface area contributed by atoms with Gasteiger partial charge in [-0.05, 0) is 73.2 Å². The summed E-state index contributed by atoms with van der Waals surface area (Å²) in [5.41, 5.74) is 1.42. The second-order valence-electron chi connectivity index (χ2n) is 11.9. The summed E-state index contributed by atoms with van der Waals surface area (Å²) in [7, 11) is 0. The fourth-order valence-electron chi connectivity index (χ4n) is 4.83. The number of nitrogens with zero attached hydrogens (tertiary/aromatic N) is 1. The Hall–Kier alpha value is -4.13. The molecule has 3 rings (SSSR count). The van der Waals surface area contributed by atoms with Crippen molar-refractivity contribution in [3.63, 3.8) is 0 Å². The van der Waals surface area contributed by atoms with Gasteiger partial charge in [-0.1, -0.05) is 94.8 Å². The van der Waals surface area contributed by atoms with Gasteiger partial charge in [0.1, 0.15) is 17.7 Å². The van der Waals surface area contributed by atoms with E-state index in [0.29, 0.717) is 24.2 Å². The quantitative estimate of drug-likeness (QED) is 0.218. The van der Waals surface area contributed by atoms with Gasteiger partial charge in [0.15, 0.2) is 0 Å². The second kappa shape index (κ2) is 14.7. The zero-order valence-electron chi connectivity index (χ0n) is 25.8. The van der Waals surface area contributed by atoms with E-state index in [0.717, 1.165) is 29.2 Å². The van der Waals surface area contributed by atoms with Crippen molar-refractivity contribution in [2.24, 2.45) is 5.92 Å². The molecule has 0 aliphatic rings. The van der Waals surface area contributed by atoms with Gasteiger partial charge in [0.2, 0.25) is 5.91 Å². The molecule has 42 heavy (non-hydrogen) atoms. The molecule has 0 aromatic heterocycles. The van der Waals surface area contributed by atoms with Crippen molar-refractivity contribution in [1.29, 1.82) is 0 Å². The number of rotatable bonds is 12. The molecule has 7 heteroatoms. The van der Waals surface area contributed by atoms with Crippen molar-refractivity contribution < 1.29 is 19.1 Å². The lowest BCUT2D eigenvalue weighted by molar-refractivity contribution is -0.141. The average Bonchev–Trinajstić information content (AvgIpc) is 2.94. The highest BCUT2D eigenvalue weighted by Crippen LogP contribution is 2.28. The Morgan fingerprint density at radius 3 is 2.31 bits per heavy atom. The van der Waals surface area contributed by atoms with E-state index in [2.05, 4.69) is 24.1 Å². The van der Waals surface area contributed by atoms with Gasteiger partial charge in [-0.2, -0.15) is 0 Å². The minimum atomic E-state index is -0.942. The van der Waals surface area contributed by atoms with Gasteiger partial charge in [-0.3, -0.25) is 9.59 Å². The van der Waals surface area contributed by atoms with Gasteiger partial charge in [0.05, 0.1) is 0 Å². The number of nitrogens with one attached hydrogen (secondary N) is 2. The molecule has 7 nitrogen and oxygen atoms in total. The Kier molecular flexibility index (Phi) is 11.3. The summed E-state index contributed by atoms with van der Waals surface area (Å²) in [5.74, 6) is -0.923. The molecule has 0 fully saturated rings. The van der Waals surface area contributed by atoms with E-state index in [-0.39, 0.29) is 17.7 Å². The summed E-state index contributed by atoms with van der Waals surface area (Å²) in [5, 5.41) is 7.91. The lowest BCUT2D eigenvalue weighted by Crippen LogP contribution is -2.54. The molecule has 0 aliphatic heterocycles. The van der Waals surface area contributed by atoms with Crippen LogP contribution in [0.2, 0.25) is 0 Å². The third kappa shape index (κ3) is 8.93. The number of benzene rings is 3. The van der Waals surface area contributed by atoms with Crippen LogP contribution < -0.4 is 10.6 Å². The van der Waals surface area contributed by atoms with Gasteiger partial charge in [-0.15, -0.1) is 0 Å². The smallest absolute Gasteiger partial charge is 0.408 e. The second-order valence-corrected chi connectivity index (χ2v) is 11.9. The Balaban J connectivity index is 2.05. The van der Waals surface area contributed by atoms with Crippen molar-refractivity contribution in [1.82, 2.24) is 10.2 Å². The summed E-state index contributed by atoms with van der Waals surface area (Å²) in [6, 6.07) is 19.3. The minimum Gasteiger partial charge on any atom is -0.444 e. The third-order valence-corrected chi connectivity index (χ3v) is 6.93. The van der Waals surface area contributed by atoms with Crippen molar-refractivity contribution in [3.8, 4) is 0 Å². The van der Waals surface area contributed by atoms with Crippen LogP contribution in [0.3, 0.4) is 0 Å². The molecule has 0 heterocycles. The Bertz CT molecular complexity index is 1390. The molecule has 0 aliphatic carbocycles. The van der Waals surface area contributed by atoms with Crippen LogP contribution in [0.5, 0.6) is 0 Å². The Labute approximate surface area is 250 Å². The molecule has 224 valence electrons. The van der Waals surface area contributed by atoms with Gasteiger partial charge < -0.3 is 20.3 Å². The summed E-state index contributed by atoms with van der Waals surface area (Å²) in [6.45, 7) is 15.4. The van der Waals surface area contributed by atoms with Crippen molar-refractivity contribution in [2.45, 2.75) is 78.5 Å². The number of fused-ring (bicyclic) bond motifs is 1. The summed E-state index contributed by atoms with van der Waals surface area (Å²) >= 11 is 0. The van der Waals surface area contributed by atoms with Crippen molar-refractivity contribution >= 4 is 40.4 Å². The normalized spacial score (nSPS) is 12.8. The molecule has 3 aromatic rings. The predicted octanol–water partition coefficient (Wildman–Crippen LogP) is 7.73. The van der Waals surface area contributed by atoms with Crippen molar-refractivity contribution in [2.75, 3.05) is 11.9 Å². The number of ether oxygens (including phenoxy) is 1. The average molecular weight is 572 g/mol. The van der Waals surface area contributed by atoms with Gasteiger partial charge in [0.25, 0.3) is 5.91 Å². The molecular formula is C35H45N3O4. The maximum atomic E-state index is 14.3. The molecule has 2 N–H and O–H groups in total. The first-order valence-electron chi connectivity index (χ1n) is 14.8. The lowest BCUT2D eigenvalue weighted by Gasteiger charge is -2.35. The van der Waals surface area contributed by atoms with Crippen LogP contribution in [0.25, 0.3) is 16.8 Å². The maximum Gasteiger partial charge on any atom is 0.408 e. The topological polar surface area (TPSA) is 87.7 Å². The minimum absolute atomic E-state index is 0.248. The number of hydrogen-bond donors (Lipinski definition) is 2. The molecule has 3 amide bonds. The molecule has 0 saturated heterocycles. The van der Waals surface area contributed by atoms with E-state index < -0.39 is 23.8 Å². The summed E-state index contributed by atoms with van der Waals surface area (Å²) in [4.78, 5) is 42.9. The first-order chi connectivity index (χ1) is 19.9. The predicted molar refractivity (Wildman–Crippen MR) is 171 cm³/mol. The van der Waals surface area contributed by atoms with E-state index in [9.17, 15) is 14.4 Å². The van der Waals surface area contributed by atoms with E-state index in [1.165, 1.54) is 0 Å². The fourth-order valence-corrected chi connectivity index (χ4v) is 4.83. The maximum absolute atomic E-state index is 14.3. The number of hydrogen-bond acceptors (Lipinski definition) is 4. The van der Waals surface area contributed by atoms with Crippen LogP contribution in [0.1, 0.15) is 78.0 Å². The highest BCUT2D eigenvalue weighted by Gasteiger charge is 2.37. The standard InChI is InChI=1S/C35H45N3O4/c1-8-10-13-21-38(33(40)30(24(3)4)37-34(41)42-35(5,6)7)31(28-18-14-15-25(9-2)22-28)32(39)36-29-20-19-26-16-11-12-17-27(26)23-29/h9,11-12,14-20,22-24,30-31H,2,8,10,13,21H2,1,3-7H3,(H,36,39)(H,37,41). The van der Waals surface area contributed by atoms with Crippen LogP contribution >= 0.6 is 0 Å². The number of amides is 3. The zero-order chi connectivity index (χ0) is 30.9. The van der Waals surface area contributed by atoms with E-state index >= 15 is 0 Å². The van der Waals surface area contributed by atoms with Crippen LogP contribution in [0, 0.1) is 5.92 Å².